The van der Waals surface area contributed by atoms with Crippen molar-refractivity contribution in [3.8, 4) is 11.4 Å². The second-order valence-electron chi connectivity index (χ2n) is 12.5. The van der Waals surface area contributed by atoms with Crippen molar-refractivity contribution in [3.05, 3.63) is 77.4 Å². The van der Waals surface area contributed by atoms with Gasteiger partial charge in [0.25, 0.3) is 11.5 Å². The number of nitrogens with zero attached hydrogens (tertiary/aromatic N) is 6. The maximum atomic E-state index is 13.6. The molecule has 2 aliphatic heterocycles. The van der Waals surface area contributed by atoms with Gasteiger partial charge in [-0.3, -0.25) is 9.59 Å². The summed E-state index contributed by atoms with van der Waals surface area (Å²) in [4.78, 5) is 37.5. The highest BCUT2D eigenvalue weighted by Crippen LogP contribution is 2.35. The number of carbonyl (C=O) groups is 1. The lowest BCUT2D eigenvalue weighted by Crippen LogP contribution is -2.39. The van der Waals surface area contributed by atoms with E-state index < -0.39 is 0 Å². The molecular weight excluding hydrogens is 568 g/mol. The molecule has 11 nitrogen and oxygen atoms in total. The second-order valence-corrected chi connectivity index (χ2v) is 12.5. The van der Waals surface area contributed by atoms with Crippen LogP contribution in [0.25, 0.3) is 27.6 Å². The summed E-state index contributed by atoms with van der Waals surface area (Å²) < 4.78 is 11.5. The molecule has 2 aromatic carbocycles. The smallest absolute Gasteiger partial charge is 0.278 e. The molecule has 1 aliphatic carbocycles. The Bertz CT molecular complexity index is 2030. The lowest BCUT2D eigenvalue weighted by Gasteiger charge is -2.30. The molecule has 11 heteroatoms. The molecule has 0 spiro atoms. The zero-order chi connectivity index (χ0) is 30.5. The van der Waals surface area contributed by atoms with Crippen LogP contribution in [-0.4, -0.2) is 48.5 Å². The molecule has 1 fully saturated rings. The number of anilines is 3. The van der Waals surface area contributed by atoms with E-state index in [2.05, 4.69) is 45.3 Å². The van der Waals surface area contributed by atoms with E-state index in [9.17, 15) is 9.59 Å². The van der Waals surface area contributed by atoms with Gasteiger partial charge in [0.1, 0.15) is 11.1 Å². The minimum Gasteiger partial charge on any atom is -0.482 e. The highest BCUT2D eigenvalue weighted by Gasteiger charge is 2.29. The first-order valence-corrected chi connectivity index (χ1v) is 15.8. The van der Waals surface area contributed by atoms with E-state index in [1.54, 1.807) is 15.8 Å². The van der Waals surface area contributed by atoms with Crippen LogP contribution in [0.5, 0.6) is 5.75 Å². The molecule has 1 amide bonds. The van der Waals surface area contributed by atoms with E-state index in [1.807, 2.05) is 35.0 Å². The maximum absolute atomic E-state index is 13.6. The normalized spacial score (nSPS) is 18.3. The fraction of sp³-hybridized carbons (Fsp3) is 0.353. The fourth-order valence-electron chi connectivity index (χ4n) is 7.02. The summed E-state index contributed by atoms with van der Waals surface area (Å²) >= 11 is 0. The molecule has 5 heterocycles. The van der Waals surface area contributed by atoms with Crippen LogP contribution < -0.4 is 26.2 Å². The molecule has 2 bridgehead atoms. The Kier molecular flexibility index (Phi) is 6.71. The Balaban J connectivity index is 1.14. The van der Waals surface area contributed by atoms with E-state index >= 15 is 0 Å². The number of rotatable bonds is 5. The van der Waals surface area contributed by atoms with Crippen molar-refractivity contribution < 1.29 is 9.53 Å². The molecule has 1 saturated carbocycles. The molecule has 5 aromatic rings. The molecular formula is C34H36N8O3. The Morgan fingerprint density at radius 3 is 2.80 bits per heavy atom. The van der Waals surface area contributed by atoms with Gasteiger partial charge in [-0.1, -0.05) is 25.0 Å². The number of nitrogens with one attached hydrogen (secondary N) is 1. The molecule has 3 N–H and O–H groups in total. The quantitative estimate of drug-likeness (QED) is 0.270. The number of aromatic nitrogens is 5. The summed E-state index contributed by atoms with van der Waals surface area (Å²) in [5, 5.41) is 4.88. The van der Waals surface area contributed by atoms with Crippen LogP contribution in [0.3, 0.4) is 0 Å². The third kappa shape index (κ3) is 4.97. The van der Waals surface area contributed by atoms with Crippen LogP contribution in [0.2, 0.25) is 0 Å². The predicted octanol–water partition coefficient (Wildman–Crippen LogP) is 5.02. The average Bonchev–Trinajstić information content (AvgIpc) is 3.73. The Morgan fingerprint density at radius 2 is 1.91 bits per heavy atom. The third-order valence-corrected chi connectivity index (χ3v) is 9.48. The summed E-state index contributed by atoms with van der Waals surface area (Å²) in [6.07, 6.45) is 15.0. The van der Waals surface area contributed by atoms with E-state index in [-0.39, 0.29) is 23.6 Å². The number of allylic oxidation sites excluding steroid dienone is 2. The number of ether oxygens (including phenoxy) is 1. The van der Waals surface area contributed by atoms with E-state index in [0.29, 0.717) is 47.2 Å². The number of benzene rings is 2. The molecule has 3 aromatic heterocycles. The van der Waals surface area contributed by atoms with Crippen molar-refractivity contribution in [1.82, 2.24) is 23.9 Å². The molecule has 0 saturated heterocycles. The van der Waals surface area contributed by atoms with Crippen molar-refractivity contribution >= 4 is 45.2 Å². The van der Waals surface area contributed by atoms with Crippen LogP contribution >= 0.6 is 0 Å². The molecule has 0 unspecified atom stereocenters. The first kappa shape index (κ1) is 27.6. The minimum absolute atomic E-state index is 0.0204. The van der Waals surface area contributed by atoms with Gasteiger partial charge in [0.05, 0.1) is 17.9 Å². The number of aryl methyl sites for hydroxylation is 1. The lowest BCUT2D eigenvalue weighted by molar-refractivity contribution is -0.121. The summed E-state index contributed by atoms with van der Waals surface area (Å²) in [5.41, 5.74) is 10.3. The van der Waals surface area contributed by atoms with Crippen molar-refractivity contribution in [3.63, 3.8) is 0 Å². The van der Waals surface area contributed by atoms with E-state index in [0.717, 1.165) is 55.2 Å². The summed E-state index contributed by atoms with van der Waals surface area (Å²) in [6, 6.07) is 14.0. The molecule has 45 heavy (non-hydrogen) atoms. The molecule has 230 valence electrons. The summed E-state index contributed by atoms with van der Waals surface area (Å²) in [7, 11) is 0. The van der Waals surface area contributed by atoms with E-state index in [1.165, 1.54) is 12.8 Å². The van der Waals surface area contributed by atoms with Crippen LogP contribution in [-0.2, 0) is 17.9 Å². The first-order chi connectivity index (χ1) is 22.0. The average molecular weight is 605 g/mol. The highest BCUT2D eigenvalue weighted by atomic mass is 16.5. The SMILES string of the molecule is NC1(CCn2ccc3cc(Nc4ncc5c(=O)n6n(c5n4)-c4ccc5c(c4)N(CCC/C=C\C6)C(=O)CO5)ccc32)CCCC1. The van der Waals surface area contributed by atoms with Gasteiger partial charge < -0.3 is 25.3 Å². The Labute approximate surface area is 259 Å². The third-order valence-electron chi connectivity index (χ3n) is 9.48. The monoisotopic (exact) mass is 604 g/mol. The lowest BCUT2D eigenvalue weighted by atomic mass is 9.95. The van der Waals surface area contributed by atoms with Gasteiger partial charge in [-0.25, -0.2) is 14.3 Å². The molecule has 0 radical (unpaired) electrons. The van der Waals surface area contributed by atoms with Crippen LogP contribution in [0.15, 0.2) is 71.8 Å². The van der Waals surface area contributed by atoms with Gasteiger partial charge in [0.2, 0.25) is 5.95 Å². The highest BCUT2D eigenvalue weighted by molar-refractivity contribution is 5.98. The largest absolute Gasteiger partial charge is 0.482 e. The minimum atomic E-state index is -0.181. The maximum Gasteiger partial charge on any atom is 0.278 e. The number of amides is 1. The van der Waals surface area contributed by atoms with Crippen molar-refractivity contribution in [2.24, 2.45) is 5.73 Å². The van der Waals surface area contributed by atoms with Gasteiger partial charge in [0, 0.05) is 47.6 Å². The molecule has 8 rings (SSSR count). The first-order valence-electron chi connectivity index (χ1n) is 15.8. The van der Waals surface area contributed by atoms with Crippen molar-refractivity contribution in [2.45, 2.75) is 63.6 Å². The van der Waals surface area contributed by atoms with Crippen LogP contribution in [0.1, 0.15) is 44.9 Å². The van der Waals surface area contributed by atoms with Gasteiger partial charge in [-0.2, -0.15) is 4.98 Å². The number of carbonyl (C=O) groups excluding carboxylic acids is 1. The standard InChI is InChI=1S/C34H36N8O3/c35-34(12-3-4-13-34)14-18-39-17-11-23-19-24(7-9-27(23)39)37-33-36-21-26-31(38-33)42-25-8-10-29-28(20-25)40(30(43)22-45-29)15-5-1-2-6-16-41(42)32(26)44/h2,6-11,17,19-21H,1,3-5,12-16,18,22,35H2,(H,36,37,38)/b6-2-. The number of nitrogens with two attached hydrogens (primary N) is 1. The Hall–Kier alpha value is -4.90. The van der Waals surface area contributed by atoms with Crippen molar-refractivity contribution in [1.29, 1.82) is 0 Å². The second kappa shape index (κ2) is 10.9. The summed E-state index contributed by atoms with van der Waals surface area (Å²) in [5.74, 6) is 0.959. The van der Waals surface area contributed by atoms with Gasteiger partial charge >= 0.3 is 0 Å². The zero-order valence-corrected chi connectivity index (χ0v) is 25.1. The molecule has 3 aliphatic rings. The number of hydrogen-bond donors (Lipinski definition) is 2. The van der Waals surface area contributed by atoms with E-state index in [4.69, 9.17) is 15.5 Å². The molecule has 0 atom stereocenters. The van der Waals surface area contributed by atoms with Gasteiger partial charge in [-0.05, 0) is 74.6 Å². The van der Waals surface area contributed by atoms with Crippen LogP contribution in [0.4, 0.5) is 17.3 Å². The number of fused-ring (bicyclic) bond motifs is 6. The zero-order valence-electron chi connectivity index (χ0n) is 25.1. The van der Waals surface area contributed by atoms with Gasteiger partial charge in [-0.15, -0.1) is 0 Å². The summed E-state index contributed by atoms with van der Waals surface area (Å²) in [6.45, 7) is 1.90. The Morgan fingerprint density at radius 1 is 1.02 bits per heavy atom. The topological polar surface area (TPSA) is 125 Å². The van der Waals surface area contributed by atoms with Crippen LogP contribution in [0, 0.1) is 0 Å². The predicted molar refractivity (Wildman–Crippen MR) is 175 cm³/mol. The number of hydrogen-bond acceptors (Lipinski definition) is 7. The van der Waals surface area contributed by atoms with Gasteiger partial charge in [0.15, 0.2) is 12.3 Å². The fourth-order valence-corrected chi connectivity index (χ4v) is 7.02. The van der Waals surface area contributed by atoms with Crippen molar-refractivity contribution in [2.75, 3.05) is 23.4 Å².